The summed E-state index contributed by atoms with van der Waals surface area (Å²) >= 11 is 0. The minimum atomic E-state index is 0.00166. The molecule has 2 unspecified atom stereocenters. The molecule has 2 aromatic carbocycles. The van der Waals surface area contributed by atoms with Gasteiger partial charge in [0.1, 0.15) is 23.9 Å². The molecule has 1 aliphatic heterocycles. The minimum absolute atomic E-state index is 0.00166. The smallest absolute Gasteiger partial charge is 0.200 e. The van der Waals surface area contributed by atoms with Crippen LogP contribution in [-0.4, -0.2) is 39.4 Å². The van der Waals surface area contributed by atoms with Crippen molar-refractivity contribution in [2.24, 2.45) is 0 Å². The summed E-state index contributed by atoms with van der Waals surface area (Å²) in [5.41, 5.74) is 4.46. The molecule has 35 heavy (non-hydrogen) atoms. The highest BCUT2D eigenvalue weighted by atomic mass is 16.5. The lowest BCUT2D eigenvalue weighted by Crippen LogP contribution is -2.20. The van der Waals surface area contributed by atoms with Crippen molar-refractivity contribution in [3.8, 4) is 17.3 Å². The van der Waals surface area contributed by atoms with Crippen LogP contribution < -0.4 is 9.64 Å². The van der Waals surface area contributed by atoms with Crippen molar-refractivity contribution in [2.45, 2.75) is 45.6 Å². The van der Waals surface area contributed by atoms with Gasteiger partial charge >= 0.3 is 0 Å². The second-order valence-electron chi connectivity index (χ2n) is 9.39. The molecule has 0 N–H and O–H groups in total. The summed E-state index contributed by atoms with van der Waals surface area (Å²) in [5, 5.41) is 4.95. The fraction of sp³-hybridized carbons (Fsp3) is 0.345. The van der Waals surface area contributed by atoms with Gasteiger partial charge in [-0.05, 0) is 62.1 Å². The number of anilines is 1. The molecule has 4 aromatic rings. The second kappa shape index (κ2) is 10.3. The molecule has 1 saturated heterocycles. The zero-order valence-electron chi connectivity index (χ0n) is 20.8. The van der Waals surface area contributed by atoms with Crippen LogP contribution in [0.4, 0.5) is 5.69 Å². The maximum Gasteiger partial charge on any atom is 0.200 e. The van der Waals surface area contributed by atoms with E-state index in [1.54, 1.807) is 0 Å². The maximum absolute atomic E-state index is 6.06. The van der Waals surface area contributed by atoms with E-state index in [9.17, 15) is 0 Å². The molecular weight excluding hydrogens is 434 g/mol. The quantitative estimate of drug-likeness (QED) is 0.316. The van der Waals surface area contributed by atoms with Crippen molar-refractivity contribution < 1.29 is 4.74 Å². The highest BCUT2D eigenvalue weighted by Crippen LogP contribution is 2.30. The van der Waals surface area contributed by atoms with E-state index in [2.05, 4.69) is 56.0 Å². The Morgan fingerprint density at radius 2 is 1.66 bits per heavy atom. The first-order chi connectivity index (χ1) is 17.1. The molecule has 6 heteroatoms. The Balaban J connectivity index is 1.46. The lowest BCUT2D eigenvalue weighted by molar-refractivity contribution is 0.247. The third-order valence-electron chi connectivity index (χ3n) is 6.80. The largest absolute Gasteiger partial charge is 0.491 e. The molecule has 1 aliphatic rings. The number of pyridine rings is 1. The van der Waals surface area contributed by atoms with Crippen LogP contribution in [0.25, 0.3) is 11.5 Å². The fourth-order valence-corrected chi connectivity index (χ4v) is 4.76. The van der Waals surface area contributed by atoms with E-state index in [1.165, 1.54) is 29.7 Å². The fourth-order valence-electron chi connectivity index (χ4n) is 4.76. The number of rotatable bonds is 8. The van der Waals surface area contributed by atoms with Crippen LogP contribution in [0.3, 0.4) is 0 Å². The van der Waals surface area contributed by atoms with Gasteiger partial charge in [-0.2, -0.15) is 0 Å². The van der Waals surface area contributed by atoms with Gasteiger partial charge in [0.2, 0.25) is 0 Å². The monoisotopic (exact) mass is 467 g/mol. The van der Waals surface area contributed by atoms with E-state index in [0.29, 0.717) is 12.4 Å². The maximum atomic E-state index is 6.06. The number of nitrogens with zero attached hydrogens (tertiary/aromatic N) is 5. The molecule has 6 nitrogen and oxygen atoms in total. The number of aromatic nitrogens is 4. The van der Waals surface area contributed by atoms with E-state index >= 15 is 0 Å². The average Bonchev–Trinajstić information content (AvgIpc) is 3.59. The van der Waals surface area contributed by atoms with Gasteiger partial charge in [0.25, 0.3) is 0 Å². The molecule has 0 bridgehead atoms. The second-order valence-corrected chi connectivity index (χ2v) is 9.39. The highest BCUT2D eigenvalue weighted by molar-refractivity contribution is 5.55. The molecule has 5 rings (SSSR count). The first-order valence-electron chi connectivity index (χ1n) is 12.5. The number of hydrogen-bond donors (Lipinski definition) is 0. The number of aryl methyl sites for hydroxylation is 1. The normalized spacial score (nSPS) is 15.2. The Morgan fingerprint density at radius 1 is 0.914 bits per heavy atom. The summed E-state index contributed by atoms with van der Waals surface area (Å²) < 4.78 is 8.08. The van der Waals surface area contributed by atoms with Gasteiger partial charge in [0.05, 0.1) is 17.9 Å². The Bertz CT molecular complexity index is 1250. The van der Waals surface area contributed by atoms with Crippen LogP contribution in [0.2, 0.25) is 0 Å². The summed E-state index contributed by atoms with van der Waals surface area (Å²) in [7, 11) is 0. The van der Waals surface area contributed by atoms with E-state index < -0.39 is 0 Å². The molecule has 2 atom stereocenters. The van der Waals surface area contributed by atoms with Crippen LogP contribution in [-0.2, 0) is 0 Å². The van der Waals surface area contributed by atoms with Crippen LogP contribution in [0.15, 0.2) is 72.9 Å². The summed E-state index contributed by atoms with van der Waals surface area (Å²) in [6.07, 6.45) is 4.45. The van der Waals surface area contributed by atoms with Gasteiger partial charge in [-0.3, -0.25) is 4.98 Å². The molecule has 180 valence electrons. The molecular formula is C29H33N5O. The number of benzene rings is 2. The van der Waals surface area contributed by atoms with Crippen LogP contribution in [0.1, 0.15) is 55.6 Å². The number of ether oxygens (including phenoxy) is 1. The van der Waals surface area contributed by atoms with Crippen molar-refractivity contribution in [3.05, 3.63) is 89.9 Å². The van der Waals surface area contributed by atoms with Crippen molar-refractivity contribution in [1.29, 1.82) is 0 Å². The Morgan fingerprint density at radius 3 is 2.37 bits per heavy atom. The average molecular weight is 468 g/mol. The third-order valence-corrected chi connectivity index (χ3v) is 6.80. The molecule has 0 radical (unpaired) electrons. The Labute approximate surface area is 207 Å². The van der Waals surface area contributed by atoms with Gasteiger partial charge < -0.3 is 9.64 Å². The SMILES string of the molecule is Cc1ccccc1C(C)c1nc(-c2ccc(N3CCCC3)cn2)nn1C(C)COc1ccccc1. The molecule has 0 saturated carbocycles. The standard InChI is InChI=1S/C29H33N5O/c1-21-11-7-8-14-26(21)23(3)29-31-28(27-16-15-24(19-30-27)33-17-9-10-18-33)32-34(29)22(2)20-35-25-12-5-4-6-13-25/h4-8,11-16,19,22-23H,9-10,17-18,20H2,1-3H3. The number of para-hydroxylation sites is 1. The number of hydrogen-bond acceptors (Lipinski definition) is 5. The minimum Gasteiger partial charge on any atom is -0.491 e. The van der Waals surface area contributed by atoms with E-state index in [4.69, 9.17) is 19.8 Å². The van der Waals surface area contributed by atoms with E-state index in [-0.39, 0.29) is 12.0 Å². The predicted molar refractivity (Wildman–Crippen MR) is 140 cm³/mol. The molecule has 0 spiro atoms. The van der Waals surface area contributed by atoms with Crippen molar-refractivity contribution in [3.63, 3.8) is 0 Å². The van der Waals surface area contributed by atoms with Crippen molar-refractivity contribution in [1.82, 2.24) is 19.7 Å². The summed E-state index contributed by atoms with van der Waals surface area (Å²) in [6.45, 7) is 9.17. The molecule has 2 aromatic heterocycles. The van der Waals surface area contributed by atoms with Crippen LogP contribution in [0, 0.1) is 6.92 Å². The Kier molecular flexibility index (Phi) is 6.80. The first-order valence-corrected chi connectivity index (χ1v) is 12.5. The third kappa shape index (κ3) is 5.06. The van der Waals surface area contributed by atoms with Gasteiger partial charge in [-0.25, -0.2) is 9.67 Å². The lowest BCUT2D eigenvalue weighted by Gasteiger charge is -2.19. The summed E-state index contributed by atoms with van der Waals surface area (Å²) in [5.74, 6) is 2.51. The molecule has 1 fully saturated rings. The summed E-state index contributed by atoms with van der Waals surface area (Å²) in [6, 6.07) is 22.6. The summed E-state index contributed by atoms with van der Waals surface area (Å²) in [4.78, 5) is 12.1. The lowest BCUT2D eigenvalue weighted by atomic mass is 9.95. The van der Waals surface area contributed by atoms with Crippen LogP contribution in [0.5, 0.6) is 5.75 Å². The van der Waals surface area contributed by atoms with E-state index in [1.807, 2.05) is 47.3 Å². The van der Waals surface area contributed by atoms with Gasteiger partial charge in [-0.15, -0.1) is 5.10 Å². The highest BCUT2D eigenvalue weighted by Gasteiger charge is 2.24. The molecule has 3 heterocycles. The van der Waals surface area contributed by atoms with Crippen LogP contribution >= 0.6 is 0 Å². The Hall–Kier alpha value is -3.67. The molecule has 0 aliphatic carbocycles. The van der Waals surface area contributed by atoms with Crippen molar-refractivity contribution in [2.75, 3.05) is 24.6 Å². The predicted octanol–water partition coefficient (Wildman–Crippen LogP) is 6.04. The van der Waals surface area contributed by atoms with Crippen molar-refractivity contribution >= 4 is 5.69 Å². The van der Waals surface area contributed by atoms with Gasteiger partial charge in [0.15, 0.2) is 5.82 Å². The zero-order valence-corrected chi connectivity index (χ0v) is 20.8. The van der Waals surface area contributed by atoms with Gasteiger partial charge in [-0.1, -0.05) is 49.4 Å². The molecule has 0 amide bonds. The van der Waals surface area contributed by atoms with Gasteiger partial charge in [0, 0.05) is 19.0 Å². The topological polar surface area (TPSA) is 56.1 Å². The zero-order chi connectivity index (χ0) is 24.2. The van der Waals surface area contributed by atoms with E-state index in [0.717, 1.165) is 30.4 Å². The first kappa shape index (κ1) is 23.1.